The summed E-state index contributed by atoms with van der Waals surface area (Å²) in [5.41, 5.74) is 2.37. The van der Waals surface area contributed by atoms with Crippen LogP contribution in [0.1, 0.15) is 42.4 Å². The third-order valence-corrected chi connectivity index (χ3v) is 5.03. The molecule has 0 aliphatic carbocycles. The van der Waals surface area contributed by atoms with Crippen LogP contribution < -0.4 is 19.5 Å². The molecule has 144 valence electrons. The second-order valence-electron chi connectivity index (χ2n) is 6.52. The van der Waals surface area contributed by atoms with Crippen LogP contribution in [-0.2, 0) is 0 Å². The fourth-order valence-electron chi connectivity index (χ4n) is 3.42. The number of carbonyl (C=O) groups is 1. The number of anilines is 1. The fourth-order valence-corrected chi connectivity index (χ4v) is 3.42. The number of para-hydroxylation sites is 1. The van der Waals surface area contributed by atoms with Gasteiger partial charge in [-0.15, -0.1) is 0 Å². The highest BCUT2D eigenvalue weighted by molar-refractivity contribution is 6.01. The van der Waals surface area contributed by atoms with Crippen molar-refractivity contribution in [1.82, 2.24) is 4.90 Å². The minimum Gasteiger partial charge on any atom is -0.493 e. The third kappa shape index (κ3) is 3.27. The van der Waals surface area contributed by atoms with Crippen molar-refractivity contribution in [3.63, 3.8) is 0 Å². The van der Waals surface area contributed by atoms with Crippen LogP contribution in [0, 0.1) is 0 Å². The summed E-state index contributed by atoms with van der Waals surface area (Å²) >= 11 is 0. The molecule has 0 saturated heterocycles. The Morgan fingerprint density at radius 2 is 1.70 bits per heavy atom. The number of ether oxygens (including phenoxy) is 3. The van der Waals surface area contributed by atoms with Crippen LogP contribution in [0.3, 0.4) is 0 Å². The van der Waals surface area contributed by atoms with Gasteiger partial charge in [0.15, 0.2) is 11.5 Å². The fraction of sp³-hybridized carbons (Fsp3) is 0.381. The van der Waals surface area contributed by atoms with Gasteiger partial charge in [0.05, 0.1) is 26.9 Å². The summed E-state index contributed by atoms with van der Waals surface area (Å²) < 4.78 is 16.4. The van der Waals surface area contributed by atoms with Crippen LogP contribution in [0.15, 0.2) is 36.4 Å². The summed E-state index contributed by atoms with van der Waals surface area (Å²) in [6.45, 7) is 4.13. The van der Waals surface area contributed by atoms with E-state index in [9.17, 15) is 4.79 Å². The highest BCUT2D eigenvalue weighted by Crippen LogP contribution is 2.43. The predicted molar refractivity (Wildman–Crippen MR) is 105 cm³/mol. The minimum absolute atomic E-state index is 0.0115. The zero-order valence-electron chi connectivity index (χ0n) is 16.4. The number of rotatable bonds is 6. The van der Waals surface area contributed by atoms with Crippen molar-refractivity contribution in [1.29, 1.82) is 0 Å². The highest BCUT2D eigenvalue weighted by atomic mass is 16.5. The van der Waals surface area contributed by atoms with Gasteiger partial charge in [-0.3, -0.25) is 4.79 Å². The maximum Gasteiger partial charge on any atom is 0.258 e. The molecule has 1 heterocycles. The number of benzene rings is 2. The molecule has 6 heteroatoms. The number of nitrogens with one attached hydrogen (secondary N) is 1. The first-order valence-electron chi connectivity index (χ1n) is 9.03. The standard InChI is InChI=1S/C21H26N2O4/c1-6-13(2)23-20(22-16-10-8-7-9-15(16)21(23)24)14-11-17(25-3)19(27-5)18(12-14)26-4/h7-13,20,22H,6H2,1-5H3/t13-,20+/m0/s1. The van der Waals surface area contributed by atoms with Crippen LogP contribution in [-0.4, -0.2) is 38.2 Å². The predicted octanol–water partition coefficient (Wildman–Crippen LogP) is 4.08. The van der Waals surface area contributed by atoms with E-state index in [4.69, 9.17) is 14.2 Å². The van der Waals surface area contributed by atoms with Gasteiger partial charge < -0.3 is 24.4 Å². The Kier molecular flexibility index (Phi) is 5.44. The van der Waals surface area contributed by atoms with E-state index < -0.39 is 0 Å². The Balaban J connectivity index is 2.14. The Labute approximate surface area is 160 Å². The van der Waals surface area contributed by atoms with Crippen molar-refractivity contribution >= 4 is 11.6 Å². The van der Waals surface area contributed by atoms with Crippen LogP contribution in [0.2, 0.25) is 0 Å². The van der Waals surface area contributed by atoms with Crippen LogP contribution >= 0.6 is 0 Å². The zero-order chi connectivity index (χ0) is 19.6. The molecule has 0 fully saturated rings. The summed E-state index contributed by atoms with van der Waals surface area (Å²) in [5.74, 6) is 1.66. The molecule has 1 amide bonds. The van der Waals surface area contributed by atoms with Crippen molar-refractivity contribution in [2.24, 2.45) is 0 Å². The lowest BCUT2D eigenvalue weighted by Crippen LogP contribution is -2.47. The van der Waals surface area contributed by atoms with Crippen LogP contribution in [0.4, 0.5) is 5.69 Å². The molecule has 3 rings (SSSR count). The van der Waals surface area contributed by atoms with Gasteiger partial charge in [-0.1, -0.05) is 19.1 Å². The molecule has 0 radical (unpaired) electrons. The highest BCUT2D eigenvalue weighted by Gasteiger charge is 2.36. The molecule has 6 nitrogen and oxygen atoms in total. The van der Waals surface area contributed by atoms with Gasteiger partial charge in [-0.05, 0) is 37.6 Å². The molecule has 2 atom stereocenters. The minimum atomic E-state index is -0.337. The van der Waals surface area contributed by atoms with E-state index in [1.165, 1.54) is 0 Å². The van der Waals surface area contributed by atoms with Gasteiger partial charge >= 0.3 is 0 Å². The third-order valence-electron chi connectivity index (χ3n) is 5.03. The van der Waals surface area contributed by atoms with Crippen molar-refractivity contribution in [3.8, 4) is 17.2 Å². The van der Waals surface area contributed by atoms with E-state index in [2.05, 4.69) is 19.2 Å². The lowest BCUT2D eigenvalue weighted by Gasteiger charge is -2.41. The molecule has 0 unspecified atom stereocenters. The van der Waals surface area contributed by atoms with E-state index in [0.29, 0.717) is 22.8 Å². The maximum absolute atomic E-state index is 13.2. The zero-order valence-corrected chi connectivity index (χ0v) is 16.4. The molecule has 0 spiro atoms. The van der Waals surface area contributed by atoms with Gasteiger partial charge in [0.2, 0.25) is 5.75 Å². The molecular formula is C21H26N2O4. The molecule has 1 aliphatic heterocycles. The van der Waals surface area contributed by atoms with Crippen molar-refractivity contribution in [2.45, 2.75) is 32.5 Å². The SMILES string of the molecule is CC[C@H](C)N1C(=O)c2ccccc2N[C@H]1c1cc(OC)c(OC)c(OC)c1. The number of hydrogen-bond donors (Lipinski definition) is 1. The molecule has 27 heavy (non-hydrogen) atoms. The normalized spacial score (nSPS) is 17.0. The van der Waals surface area contributed by atoms with Crippen LogP contribution in [0.5, 0.6) is 17.2 Å². The Bertz CT molecular complexity index is 812. The van der Waals surface area contributed by atoms with Crippen molar-refractivity contribution < 1.29 is 19.0 Å². The molecule has 0 aromatic heterocycles. The molecule has 0 saturated carbocycles. The second kappa shape index (κ2) is 7.78. The van der Waals surface area contributed by atoms with E-state index >= 15 is 0 Å². The quantitative estimate of drug-likeness (QED) is 0.830. The number of amides is 1. The van der Waals surface area contributed by atoms with E-state index in [0.717, 1.165) is 17.7 Å². The van der Waals surface area contributed by atoms with Crippen molar-refractivity contribution in [3.05, 3.63) is 47.5 Å². The Morgan fingerprint density at radius 3 is 2.26 bits per heavy atom. The van der Waals surface area contributed by atoms with Gasteiger partial charge in [-0.2, -0.15) is 0 Å². The summed E-state index contributed by atoms with van der Waals surface area (Å²) in [7, 11) is 4.74. The van der Waals surface area contributed by atoms with E-state index in [-0.39, 0.29) is 18.1 Å². The monoisotopic (exact) mass is 370 g/mol. The Morgan fingerprint density at radius 1 is 1.07 bits per heavy atom. The van der Waals surface area contributed by atoms with Crippen LogP contribution in [0.25, 0.3) is 0 Å². The first-order valence-corrected chi connectivity index (χ1v) is 9.03. The van der Waals surface area contributed by atoms with Gasteiger partial charge in [0, 0.05) is 17.3 Å². The van der Waals surface area contributed by atoms with Crippen molar-refractivity contribution in [2.75, 3.05) is 26.6 Å². The number of hydrogen-bond acceptors (Lipinski definition) is 5. The summed E-state index contributed by atoms with van der Waals surface area (Å²) in [5, 5.41) is 3.50. The average molecular weight is 370 g/mol. The number of nitrogens with zero attached hydrogens (tertiary/aromatic N) is 1. The smallest absolute Gasteiger partial charge is 0.258 e. The lowest BCUT2D eigenvalue weighted by atomic mass is 10.00. The molecule has 0 bridgehead atoms. The summed E-state index contributed by atoms with van der Waals surface area (Å²) in [6, 6.07) is 11.4. The van der Waals surface area contributed by atoms with Gasteiger partial charge in [-0.25, -0.2) is 0 Å². The number of methoxy groups -OCH3 is 3. The van der Waals surface area contributed by atoms with Gasteiger partial charge in [0.1, 0.15) is 6.17 Å². The van der Waals surface area contributed by atoms with E-state index in [1.807, 2.05) is 41.3 Å². The maximum atomic E-state index is 13.2. The Hall–Kier alpha value is -2.89. The summed E-state index contributed by atoms with van der Waals surface area (Å²) in [6.07, 6.45) is 0.507. The molecule has 2 aromatic rings. The molecule has 1 N–H and O–H groups in total. The second-order valence-corrected chi connectivity index (χ2v) is 6.52. The molecule has 1 aliphatic rings. The first kappa shape index (κ1) is 18.9. The molecule has 2 aromatic carbocycles. The van der Waals surface area contributed by atoms with Gasteiger partial charge in [0.25, 0.3) is 5.91 Å². The largest absolute Gasteiger partial charge is 0.493 e. The lowest BCUT2D eigenvalue weighted by molar-refractivity contribution is 0.0593. The average Bonchev–Trinajstić information content (AvgIpc) is 2.71. The summed E-state index contributed by atoms with van der Waals surface area (Å²) in [4.78, 5) is 15.1. The number of carbonyl (C=O) groups excluding carboxylic acids is 1. The topological polar surface area (TPSA) is 60.0 Å². The first-order chi connectivity index (χ1) is 13.0. The number of fused-ring (bicyclic) bond motifs is 1. The molecular weight excluding hydrogens is 344 g/mol. The van der Waals surface area contributed by atoms with E-state index in [1.54, 1.807) is 21.3 Å².